The van der Waals surface area contributed by atoms with Crippen LogP contribution in [0.1, 0.15) is 24.0 Å². The summed E-state index contributed by atoms with van der Waals surface area (Å²) in [7, 11) is 0. The smallest absolute Gasteiger partial charge is 0.234 e. The third-order valence-electron chi connectivity index (χ3n) is 5.29. The lowest BCUT2D eigenvalue weighted by molar-refractivity contribution is -0.113. The van der Waals surface area contributed by atoms with E-state index in [-0.39, 0.29) is 12.0 Å². The first kappa shape index (κ1) is 20.7. The lowest BCUT2D eigenvalue weighted by atomic mass is 10.1. The van der Waals surface area contributed by atoms with E-state index >= 15 is 0 Å². The number of thioether (sulfide) groups is 1. The van der Waals surface area contributed by atoms with Gasteiger partial charge in [0.25, 0.3) is 0 Å². The average molecular weight is 422 g/mol. The first-order valence-corrected chi connectivity index (χ1v) is 11.3. The fraction of sp³-hybridized carbons (Fsp3) is 0.333. The van der Waals surface area contributed by atoms with Gasteiger partial charge in [-0.1, -0.05) is 59.8 Å². The third-order valence-corrected chi connectivity index (χ3v) is 6.28. The van der Waals surface area contributed by atoms with Crippen LogP contribution >= 0.6 is 11.8 Å². The van der Waals surface area contributed by atoms with Gasteiger partial charge in [-0.25, -0.2) is 4.98 Å². The van der Waals surface area contributed by atoms with Crippen LogP contribution in [0.15, 0.2) is 59.9 Å². The molecule has 1 N–H and O–H groups in total. The molecule has 1 amide bonds. The van der Waals surface area contributed by atoms with E-state index in [4.69, 9.17) is 4.74 Å². The highest BCUT2D eigenvalue weighted by Crippen LogP contribution is 2.28. The van der Waals surface area contributed by atoms with Crippen LogP contribution in [0.25, 0.3) is 11.3 Å². The molecule has 0 unspecified atom stereocenters. The summed E-state index contributed by atoms with van der Waals surface area (Å²) in [5.74, 6) is 0.282. The van der Waals surface area contributed by atoms with Crippen LogP contribution in [0, 0.1) is 13.8 Å². The number of aryl methyl sites for hydroxylation is 2. The number of nitrogens with one attached hydrogen (secondary N) is 1. The summed E-state index contributed by atoms with van der Waals surface area (Å²) in [5.41, 5.74) is 5.29. The standard InChI is InChI=1S/C24H27N3O2S/c1-17-10-11-21(18(2)13-17)26-23(28)16-30-24-25-14-22(19-7-4-3-5-8-19)27(24)15-20-9-6-12-29-20/h3-5,7-8,10-11,13-14,20H,6,9,12,15-16H2,1-2H3,(H,26,28)/t20-/m1/s1. The molecule has 0 saturated carbocycles. The Morgan fingerprint density at radius 1 is 1.23 bits per heavy atom. The maximum atomic E-state index is 12.6. The van der Waals surface area contributed by atoms with Crippen LogP contribution in [0.4, 0.5) is 5.69 Å². The van der Waals surface area contributed by atoms with Crippen LogP contribution in [-0.4, -0.2) is 33.9 Å². The van der Waals surface area contributed by atoms with Gasteiger partial charge in [0.15, 0.2) is 5.16 Å². The highest BCUT2D eigenvalue weighted by molar-refractivity contribution is 7.99. The van der Waals surface area contributed by atoms with Gasteiger partial charge in [0.2, 0.25) is 5.91 Å². The summed E-state index contributed by atoms with van der Waals surface area (Å²) >= 11 is 1.47. The summed E-state index contributed by atoms with van der Waals surface area (Å²) in [6.07, 6.45) is 4.25. The second-order valence-corrected chi connectivity index (χ2v) is 8.64. The second kappa shape index (κ2) is 9.49. The zero-order valence-corrected chi connectivity index (χ0v) is 18.2. The molecule has 1 fully saturated rings. The molecule has 2 aromatic carbocycles. The molecule has 6 heteroatoms. The Kier molecular flexibility index (Phi) is 6.55. The summed E-state index contributed by atoms with van der Waals surface area (Å²) in [4.78, 5) is 17.2. The Bertz CT molecular complexity index is 1010. The summed E-state index contributed by atoms with van der Waals surface area (Å²) in [6, 6.07) is 16.3. The number of ether oxygens (including phenoxy) is 1. The monoisotopic (exact) mass is 421 g/mol. The van der Waals surface area contributed by atoms with Gasteiger partial charge < -0.3 is 14.6 Å². The first-order chi connectivity index (χ1) is 14.6. The lowest BCUT2D eigenvalue weighted by Crippen LogP contribution is -2.18. The molecule has 0 bridgehead atoms. The van der Waals surface area contributed by atoms with Crippen LogP contribution in [0.2, 0.25) is 0 Å². The zero-order valence-electron chi connectivity index (χ0n) is 17.4. The Labute approximate surface area is 181 Å². The van der Waals surface area contributed by atoms with E-state index in [1.165, 1.54) is 17.3 Å². The number of amides is 1. The maximum absolute atomic E-state index is 12.6. The van der Waals surface area contributed by atoms with Gasteiger partial charge in [0.05, 0.1) is 30.3 Å². The summed E-state index contributed by atoms with van der Waals surface area (Å²) < 4.78 is 8.06. The average Bonchev–Trinajstić information content (AvgIpc) is 3.40. The molecule has 1 atom stereocenters. The van der Waals surface area contributed by atoms with Gasteiger partial charge in [-0.2, -0.15) is 0 Å². The highest BCUT2D eigenvalue weighted by atomic mass is 32.2. The van der Waals surface area contributed by atoms with E-state index in [2.05, 4.69) is 33.1 Å². The fourth-order valence-corrected chi connectivity index (χ4v) is 4.54. The number of benzene rings is 2. The Hall–Kier alpha value is -2.57. The first-order valence-electron chi connectivity index (χ1n) is 10.3. The molecule has 0 spiro atoms. The molecule has 2 heterocycles. The summed E-state index contributed by atoms with van der Waals surface area (Å²) in [6.45, 7) is 5.63. The number of carbonyl (C=O) groups is 1. The van der Waals surface area contributed by atoms with E-state index in [0.717, 1.165) is 53.7 Å². The molecular formula is C24H27N3O2S. The van der Waals surface area contributed by atoms with Crippen molar-refractivity contribution in [3.8, 4) is 11.3 Å². The molecule has 1 aromatic heterocycles. The third kappa shape index (κ3) is 4.94. The van der Waals surface area contributed by atoms with Gasteiger partial charge in [0.1, 0.15) is 0 Å². The second-order valence-electron chi connectivity index (χ2n) is 7.69. The number of anilines is 1. The van der Waals surface area contributed by atoms with E-state index in [1.54, 1.807) is 0 Å². The van der Waals surface area contributed by atoms with Crippen molar-refractivity contribution in [1.29, 1.82) is 0 Å². The lowest BCUT2D eigenvalue weighted by Gasteiger charge is -2.16. The van der Waals surface area contributed by atoms with Crippen molar-refractivity contribution in [1.82, 2.24) is 9.55 Å². The normalized spacial score (nSPS) is 16.0. The van der Waals surface area contributed by atoms with E-state index in [9.17, 15) is 4.79 Å². The predicted molar refractivity (Wildman–Crippen MR) is 122 cm³/mol. The van der Waals surface area contributed by atoms with Crippen molar-refractivity contribution < 1.29 is 9.53 Å². The minimum atomic E-state index is -0.0279. The van der Waals surface area contributed by atoms with Crippen molar-refractivity contribution in [3.05, 3.63) is 65.9 Å². The van der Waals surface area contributed by atoms with Crippen molar-refractivity contribution in [2.24, 2.45) is 0 Å². The highest BCUT2D eigenvalue weighted by Gasteiger charge is 2.21. The Morgan fingerprint density at radius 3 is 2.80 bits per heavy atom. The Morgan fingerprint density at radius 2 is 2.07 bits per heavy atom. The largest absolute Gasteiger partial charge is 0.376 e. The minimum Gasteiger partial charge on any atom is -0.376 e. The Balaban J connectivity index is 1.48. The molecule has 0 aliphatic carbocycles. The molecule has 1 aliphatic heterocycles. The van der Waals surface area contributed by atoms with Crippen molar-refractivity contribution in [2.75, 3.05) is 17.7 Å². The van der Waals surface area contributed by atoms with E-state index < -0.39 is 0 Å². The van der Waals surface area contributed by atoms with Gasteiger partial charge in [-0.05, 0) is 43.9 Å². The van der Waals surface area contributed by atoms with E-state index in [0.29, 0.717) is 5.75 Å². The van der Waals surface area contributed by atoms with Crippen molar-refractivity contribution in [3.63, 3.8) is 0 Å². The molecular weight excluding hydrogens is 394 g/mol. The maximum Gasteiger partial charge on any atom is 0.234 e. The van der Waals surface area contributed by atoms with Gasteiger partial charge in [-0.15, -0.1) is 0 Å². The molecule has 30 heavy (non-hydrogen) atoms. The molecule has 0 radical (unpaired) electrons. The number of aromatic nitrogens is 2. The van der Waals surface area contributed by atoms with E-state index in [1.807, 2.05) is 50.4 Å². The number of nitrogens with zero attached hydrogens (tertiary/aromatic N) is 2. The molecule has 1 saturated heterocycles. The SMILES string of the molecule is Cc1ccc(NC(=O)CSc2ncc(-c3ccccc3)n2C[C@H]2CCCO2)c(C)c1. The van der Waals surface area contributed by atoms with Crippen molar-refractivity contribution in [2.45, 2.75) is 44.5 Å². The number of hydrogen-bond donors (Lipinski definition) is 1. The summed E-state index contributed by atoms with van der Waals surface area (Å²) in [5, 5.41) is 3.86. The van der Waals surface area contributed by atoms with Crippen LogP contribution < -0.4 is 5.32 Å². The predicted octanol–water partition coefficient (Wildman–Crippen LogP) is 5.08. The molecule has 4 rings (SSSR count). The van der Waals surface area contributed by atoms with Crippen LogP contribution in [0.5, 0.6) is 0 Å². The van der Waals surface area contributed by atoms with Gasteiger partial charge in [0, 0.05) is 12.3 Å². The quantitative estimate of drug-likeness (QED) is 0.541. The number of imidazole rings is 1. The molecule has 5 nitrogen and oxygen atoms in total. The van der Waals surface area contributed by atoms with Crippen LogP contribution in [-0.2, 0) is 16.1 Å². The zero-order chi connectivity index (χ0) is 20.9. The van der Waals surface area contributed by atoms with Gasteiger partial charge in [-0.3, -0.25) is 4.79 Å². The molecule has 156 valence electrons. The molecule has 1 aliphatic rings. The minimum absolute atomic E-state index is 0.0279. The number of carbonyl (C=O) groups excluding carboxylic acids is 1. The fourth-order valence-electron chi connectivity index (χ4n) is 3.75. The number of rotatable bonds is 7. The topological polar surface area (TPSA) is 56.2 Å². The number of hydrogen-bond acceptors (Lipinski definition) is 4. The van der Waals surface area contributed by atoms with Crippen LogP contribution in [0.3, 0.4) is 0 Å². The molecule has 3 aromatic rings. The van der Waals surface area contributed by atoms with Crippen molar-refractivity contribution >= 4 is 23.4 Å². The van der Waals surface area contributed by atoms with Gasteiger partial charge >= 0.3 is 0 Å².